The number of nitrogens with zero attached hydrogens (tertiary/aromatic N) is 2. The van der Waals surface area contributed by atoms with Gasteiger partial charge >= 0.3 is 0 Å². The average Bonchev–Trinajstić information content (AvgIpc) is 3.46. The summed E-state index contributed by atoms with van der Waals surface area (Å²) in [5, 5.41) is 7.13. The first kappa shape index (κ1) is 21.0. The molecule has 0 fully saturated rings. The quantitative estimate of drug-likeness (QED) is 0.431. The summed E-state index contributed by atoms with van der Waals surface area (Å²) in [6, 6.07) is 15.6. The van der Waals surface area contributed by atoms with Crippen LogP contribution < -0.4 is 5.32 Å². The molecule has 0 radical (unpaired) electrons. The first-order chi connectivity index (χ1) is 15.0. The Morgan fingerprint density at radius 3 is 2.58 bits per heavy atom. The molecule has 2 heterocycles. The molecule has 0 bridgehead atoms. The molecule has 31 heavy (non-hydrogen) atoms. The second kappa shape index (κ2) is 9.24. The number of carbonyl (C=O) groups is 1. The smallest absolute Gasteiger partial charge is 0.252 e. The van der Waals surface area contributed by atoms with E-state index in [9.17, 15) is 9.18 Å². The Kier molecular flexibility index (Phi) is 6.25. The van der Waals surface area contributed by atoms with Crippen LogP contribution in [0.1, 0.15) is 22.0 Å². The molecular weight excluding hydrogens is 413 g/mol. The highest BCUT2D eigenvalue weighted by Gasteiger charge is 2.20. The Hall–Kier alpha value is -3.29. The summed E-state index contributed by atoms with van der Waals surface area (Å²) in [4.78, 5) is 19.4. The van der Waals surface area contributed by atoms with Crippen LogP contribution in [-0.4, -0.2) is 36.4 Å². The number of amides is 1. The summed E-state index contributed by atoms with van der Waals surface area (Å²) in [7, 11) is 3.97. The lowest BCUT2D eigenvalue weighted by Gasteiger charge is -2.24. The van der Waals surface area contributed by atoms with Gasteiger partial charge in [0.1, 0.15) is 5.82 Å². The number of hydrogen-bond acceptors (Lipinski definition) is 5. The van der Waals surface area contributed by atoms with Crippen LogP contribution in [0.5, 0.6) is 0 Å². The van der Waals surface area contributed by atoms with Crippen molar-refractivity contribution >= 4 is 17.2 Å². The van der Waals surface area contributed by atoms with Gasteiger partial charge in [0.2, 0.25) is 5.89 Å². The van der Waals surface area contributed by atoms with Crippen LogP contribution in [0, 0.1) is 5.82 Å². The summed E-state index contributed by atoms with van der Waals surface area (Å²) in [6.45, 7) is 0.461. The van der Waals surface area contributed by atoms with Crippen molar-refractivity contribution in [1.82, 2.24) is 15.2 Å². The number of likely N-dealkylation sites (N-methyl/N-ethyl adjacent to an activating group) is 1. The third kappa shape index (κ3) is 4.57. The highest BCUT2D eigenvalue weighted by Crippen LogP contribution is 2.29. The zero-order valence-electron chi connectivity index (χ0n) is 17.2. The molecule has 4 rings (SSSR count). The van der Waals surface area contributed by atoms with Gasteiger partial charge < -0.3 is 14.6 Å². The van der Waals surface area contributed by atoms with E-state index in [-0.39, 0.29) is 23.7 Å². The minimum Gasteiger partial charge on any atom is -0.436 e. The first-order valence-electron chi connectivity index (χ1n) is 9.81. The number of benzene rings is 2. The van der Waals surface area contributed by atoms with E-state index in [1.807, 2.05) is 25.5 Å². The molecule has 1 atom stereocenters. The van der Waals surface area contributed by atoms with E-state index in [0.29, 0.717) is 29.0 Å². The van der Waals surface area contributed by atoms with Crippen molar-refractivity contribution in [2.24, 2.45) is 0 Å². The van der Waals surface area contributed by atoms with Gasteiger partial charge in [-0.05, 0) is 60.8 Å². The van der Waals surface area contributed by atoms with Crippen molar-refractivity contribution in [2.75, 3.05) is 20.6 Å². The van der Waals surface area contributed by atoms with Gasteiger partial charge in [-0.25, -0.2) is 9.37 Å². The summed E-state index contributed by atoms with van der Waals surface area (Å²) in [5.41, 5.74) is 2.49. The predicted octanol–water partition coefficient (Wildman–Crippen LogP) is 5.24. The maximum atomic E-state index is 14.1. The summed E-state index contributed by atoms with van der Waals surface area (Å²) in [5.74, 6) is -0.0258. The molecule has 1 unspecified atom stereocenters. The Bertz CT molecular complexity index is 1170. The van der Waals surface area contributed by atoms with Crippen molar-refractivity contribution in [2.45, 2.75) is 6.04 Å². The van der Waals surface area contributed by atoms with Gasteiger partial charge in [0.05, 0.1) is 23.4 Å². The van der Waals surface area contributed by atoms with E-state index < -0.39 is 0 Å². The number of aromatic nitrogens is 1. The van der Waals surface area contributed by atoms with E-state index in [1.165, 1.54) is 12.3 Å². The van der Waals surface area contributed by atoms with Gasteiger partial charge in [-0.15, -0.1) is 0 Å². The highest BCUT2D eigenvalue weighted by molar-refractivity contribution is 7.08. The predicted molar refractivity (Wildman–Crippen MR) is 120 cm³/mol. The topological polar surface area (TPSA) is 58.4 Å². The van der Waals surface area contributed by atoms with Gasteiger partial charge in [-0.1, -0.05) is 24.3 Å². The number of nitrogens with one attached hydrogen (secondary N) is 1. The Morgan fingerprint density at radius 1 is 1.13 bits per heavy atom. The number of oxazole rings is 1. The van der Waals surface area contributed by atoms with E-state index in [1.54, 1.807) is 47.7 Å². The fourth-order valence-corrected chi connectivity index (χ4v) is 4.11. The number of halogens is 1. The Morgan fingerprint density at radius 2 is 1.87 bits per heavy atom. The Labute approximate surface area is 184 Å². The number of rotatable bonds is 7. The van der Waals surface area contributed by atoms with Crippen molar-refractivity contribution in [3.63, 3.8) is 0 Å². The van der Waals surface area contributed by atoms with Gasteiger partial charge in [0.15, 0.2) is 5.76 Å². The van der Waals surface area contributed by atoms with Gasteiger partial charge in [0, 0.05) is 12.1 Å². The SMILES string of the molecule is CN(C)C(CNC(=O)c1ccccc1-c1ncc(-c2ccccc2F)o1)c1ccsc1. The van der Waals surface area contributed by atoms with Gasteiger partial charge in [-0.3, -0.25) is 4.79 Å². The number of carbonyl (C=O) groups excluding carboxylic acids is 1. The van der Waals surface area contributed by atoms with Crippen molar-refractivity contribution in [3.05, 3.63) is 88.5 Å². The molecule has 0 saturated carbocycles. The fraction of sp³-hybridized carbons (Fsp3) is 0.167. The molecule has 158 valence electrons. The molecular formula is C24H22FN3O2S. The molecule has 0 aliphatic heterocycles. The fourth-order valence-electron chi connectivity index (χ4n) is 3.40. The zero-order valence-corrected chi connectivity index (χ0v) is 18.0. The number of thiophene rings is 1. The normalized spacial score (nSPS) is 12.1. The molecule has 1 amide bonds. The molecule has 0 aliphatic rings. The maximum Gasteiger partial charge on any atom is 0.252 e. The van der Waals surface area contributed by atoms with Crippen molar-refractivity contribution in [3.8, 4) is 22.8 Å². The Balaban J connectivity index is 1.56. The van der Waals surface area contributed by atoms with E-state index in [2.05, 4.69) is 26.6 Å². The number of hydrogen-bond donors (Lipinski definition) is 1. The lowest BCUT2D eigenvalue weighted by Crippen LogP contribution is -2.34. The molecule has 0 spiro atoms. The molecule has 7 heteroatoms. The van der Waals surface area contributed by atoms with Crippen molar-refractivity contribution < 1.29 is 13.6 Å². The molecule has 2 aromatic heterocycles. The van der Waals surface area contributed by atoms with Crippen molar-refractivity contribution in [1.29, 1.82) is 0 Å². The minimum atomic E-state index is -0.389. The van der Waals surface area contributed by atoms with E-state index in [4.69, 9.17) is 4.42 Å². The molecule has 4 aromatic rings. The van der Waals surface area contributed by atoms with Gasteiger partial charge in [0.25, 0.3) is 5.91 Å². The third-order valence-electron chi connectivity index (χ3n) is 5.05. The summed E-state index contributed by atoms with van der Waals surface area (Å²) in [6.07, 6.45) is 1.47. The highest BCUT2D eigenvalue weighted by atomic mass is 32.1. The molecule has 1 N–H and O–H groups in total. The second-order valence-electron chi connectivity index (χ2n) is 7.30. The van der Waals surface area contributed by atoms with Crippen LogP contribution in [0.3, 0.4) is 0 Å². The van der Waals surface area contributed by atoms with E-state index in [0.717, 1.165) is 5.56 Å². The van der Waals surface area contributed by atoms with Crippen LogP contribution in [0.25, 0.3) is 22.8 Å². The molecule has 0 aliphatic carbocycles. The van der Waals surface area contributed by atoms with Crippen LogP contribution in [0.15, 0.2) is 76.0 Å². The second-order valence-corrected chi connectivity index (χ2v) is 8.08. The van der Waals surface area contributed by atoms with E-state index >= 15 is 0 Å². The minimum absolute atomic E-state index is 0.0664. The third-order valence-corrected chi connectivity index (χ3v) is 5.76. The lowest BCUT2D eigenvalue weighted by atomic mass is 10.1. The average molecular weight is 436 g/mol. The largest absolute Gasteiger partial charge is 0.436 e. The molecule has 0 saturated heterocycles. The van der Waals surface area contributed by atoms with Crippen LogP contribution in [0.2, 0.25) is 0 Å². The van der Waals surface area contributed by atoms with Crippen LogP contribution >= 0.6 is 11.3 Å². The maximum absolute atomic E-state index is 14.1. The summed E-state index contributed by atoms with van der Waals surface area (Å²) >= 11 is 1.63. The molecule has 2 aromatic carbocycles. The standard InChI is InChI=1S/C24H22FN3O2S/c1-28(2)21(16-11-12-31-15-16)13-26-23(29)17-7-3-4-8-18(17)24-27-14-22(30-24)19-9-5-6-10-20(19)25/h3-12,14-15,21H,13H2,1-2H3,(H,26,29). The van der Waals surface area contributed by atoms with Gasteiger partial charge in [-0.2, -0.15) is 11.3 Å². The molecule has 5 nitrogen and oxygen atoms in total. The first-order valence-corrected chi connectivity index (χ1v) is 10.8. The van der Waals surface area contributed by atoms with Crippen LogP contribution in [0.4, 0.5) is 4.39 Å². The summed E-state index contributed by atoms with van der Waals surface area (Å²) < 4.78 is 19.9. The zero-order chi connectivity index (χ0) is 21.8. The van der Waals surface area contributed by atoms with Crippen LogP contribution in [-0.2, 0) is 0 Å². The lowest BCUT2D eigenvalue weighted by molar-refractivity contribution is 0.0942. The monoisotopic (exact) mass is 435 g/mol.